The van der Waals surface area contributed by atoms with E-state index in [0.29, 0.717) is 11.3 Å². The van der Waals surface area contributed by atoms with Crippen molar-refractivity contribution in [3.63, 3.8) is 0 Å². The van der Waals surface area contributed by atoms with Crippen LogP contribution in [0.1, 0.15) is 32.1 Å². The average molecular weight is 223 g/mol. The first-order chi connectivity index (χ1) is 7.69. The van der Waals surface area contributed by atoms with Crippen LogP contribution in [0.2, 0.25) is 0 Å². The lowest BCUT2D eigenvalue weighted by molar-refractivity contribution is -0.118. The summed E-state index contributed by atoms with van der Waals surface area (Å²) >= 11 is 0. The Bertz CT molecular complexity index is 354. The van der Waals surface area contributed by atoms with Crippen molar-refractivity contribution in [2.75, 3.05) is 6.61 Å². The second-order valence-electron chi connectivity index (χ2n) is 3.52. The number of carbonyl (C=O) groups is 1. The number of furan rings is 1. The summed E-state index contributed by atoms with van der Waals surface area (Å²) in [6, 6.07) is 2.96. The molecule has 0 aliphatic rings. The lowest BCUT2D eigenvalue weighted by atomic mass is 10.2. The fourth-order valence-corrected chi connectivity index (χ4v) is 1.37. The number of hydrogen-bond donors (Lipinski definition) is 2. The predicted octanol–water partition coefficient (Wildman–Crippen LogP) is 1.79. The number of hydrogen-bond acceptors (Lipinski definition) is 3. The topological polar surface area (TPSA) is 62.5 Å². The van der Waals surface area contributed by atoms with Crippen LogP contribution in [-0.2, 0) is 4.79 Å². The number of allylic oxidation sites excluding steroid dienone is 1. The number of amides is 1. The Balaban J connectivity index is 2.65. The van der Waals surface area contributed by atoms with Gasteiger partial charge in [0.05, 0.1) is 12.9 Å². The van der Waals surface area contributed by atoms with E-state index in [1.54, 1.807) is 19.1 Å². The van der Waals surface area contributed by atoms with Crippen LogP contribution in [0, 0.1) is 0 Å². The molecule has 0 radical (unpaired) electrons. The third-order valence-electron chi connectivity index (χ3n) is 2.24. The van der Waals surface area contributed by atoms with Gasteiger partial charge in [-0.05, 0) is 25.5 Å². The van der Waals surface area contributed by atoms with Crippen LogP contribution >= 0.6 is 0 Å². The smallest absolute Gasteiger partial charge is 0.247 e. The second kappa shape index (κ2) is 6.12. The van der Waals surface area contributed by atoms with Crippen molar-refractivity contribution in [2.45, 2.75) is 26.3 Å². The van der Waals surface area contributed by atoms with Gasteiger partial charge >= 0.3 is 0 Å². The monoisotopic (exact) mass is 223 g/mol. The van der Waals surface area contributed by atoms with E-state index in [4.69, 9.17) is 9.52 Å². The van der Waals surface area contributed by atoms with Gasteiger partial charge in [0, 0.05) is 5.57 Å². The van der Waals surface area contributed by atoms with Crippen LogP contribution in [0.4, 0.5) is 0 Å². The quantitative estimate of drug-likeness (QED) is 0.748. The predicted molar refractivity (Wildman–Crippen MR) is 60.7 cm³/mol. The molecule has 88 valence electrons. The Kier molecular flexibility index (Phi) is 4.79. The molecule has 1 aromatic heterocycles. The Morgan fingerprint density at radius 3 is 2.94 bits per heavy atom. The summed E-state index contributed by atoms with van der Waals surface area (Å²) in [5.41, 5.74) is 0.646. The van der Waals surface area contributed by atoms with E-state index in [1.807, 2.05) is 13.0 Å². The minimum atomic E-state index is -0.484. The van der Waals surface area contributed by atoms with Crippen LogP contribution in [0.25, 0.3) is 0 Å². The van der Waals surface area contributed by atoms with Crippen molar-refractivity contribution in [1.82, 2.24) is 5.32 Å². The second-order valence-corrected chi connectivity index (χ2v) is 3.52. The summed E-state index contributed by atoms with van der Waals surface area (Å²) in [7, 11) is 0. The molecule has 0 aliphatic heterocycles. The molecular weight excluding hydrogens is 206 g/mol. The SMILES string of the molecule is CC/C=C(/C)C(=O)NC(CO)c1ccco1. The molecule has 1 unspecified atom stereocenters. The molecule has 1 atom stereocenters. The van der Waals surface area contributed by atoms with Gasteiger partial charge in [-0.15, -0.1) is 0 Å². The Morgan fingerprint density at radius 1 is 1.69 bits per heavy atom. The first kappa shape index (κ1) is 12.5. The van der Waals surface area contributed by atoms with Gasteiger partial charge in [0.15, 0.2) is 0 Å². The highest BCUT2D eigenvalue weighted by Crippen LogP contribution is 2.13. The molecule has 0 spiro atoms. The van der Waals surface area contributed by atoms with Crippen molar-refractivity contribution < 1.29 is 14.3 Å². The molecule has 0 saturated carbocycles. The summed E-state index contributed by atoms with van der Waals surface area (Å²) in [5.74, 6) is 0.373. The highest BCUT2D eigenvalue weighted by Gasteiger charge is 2.16. The van der Waals surface area contributed by atoms with Gasteiger partial charge in [0.2, 0.25) is 5.91 Å². The molecule has 4 heteroatoms. The van der Waals surface area contributed by atoms with E-state index < -0.39 is 6.04 Å². The van der Waals surface area contributed by atoms with E-state index in [0.717, 1.165) is 6.42 Å². The largest absolute Gasteiger partial charge is 0.467 e. The van der Waals surface area contributed by atoms with Crippen molar-refractivity contribution >= 4 is 5.91 Å². The normalized spacial score (nSPS) is 13.6. The first-order valence-electron chi connectivity index (χ1n) is 5.31. The zero-order valence-corrected chi connectivity index (χ0v) is 9.56. The summed E-state index contributed by atoms with van der Waals surface area (Å²) in [6.07, 6.45) is 4.16. The van der Waals surface area contributed by atoms with Gasteiger partial charge in [0.1, 0.15) is 11.8 Å². The summed E-state index contributed by atoms with van der Waals surface area (Å²) in [4.78, 5) is 11.7. The fraction of sp³-hybridized carbons (Fsp3) is 0.417. The standard InChI is InChI=1S/C12H17NO3/c1-3-5-9(2)12(15)13-10(8-14)11-6-4-7-16-11/h4-7,10,14H,3,8H2,1-2H3,(H,13,15)/b9-5-. The highest BCUT2D eigenvalue weighted by atomic mass is 16.3. The molecule has 0 fully saturated rings. The van der Waals surface area contributed by atoms with Crippen LogP contribution in [0.3, 0.4) is 0 Å². The summed E-state index contributed by atoms with van der Waals surface area (Å²) in [6.45, 7) is 3.53. The maximum Gasteiger partial charge on any atom is 0.247 e. The lowest BCUT2D eigenvalue weighted by Crippen LogP contribution is -2.31. The molecule has 2 N–H and O–H groups in total. The van der Waals surface area contributed by atoms with Crippen molar-refractivity contribution in [3.8, 4) is 0 Å². The molecule has 16 heavy (non-hydrogen) atoms. The molecule has 1 rings (SSSR count). The Morgan fingerprint density at radius 2 is 2.44 bits per heavy atom. The van der Waals surface area contributed by atoms with Crippen molar-refractivity contribution in [3.05, 3.63) is 35.8 Å². The number of carbonyl (C=O) groups excluding carboxylic acids is 1. The molecule has 4 nitrogen and oxygen atoms in total. The van der Waals surface area contributed by atoms with E-state index >= 15 is 0 Å². The zero-order valence-electron chi connectivity index (χ0n) is 9.56. The van der Waals surface area contributed by atoms with Gasteiger partial charge in [-0.1, -0.05) is 13.0 Å². The van der Waals surface area contributed by atoms with E-state index in [9.17, 15) is 4.79 Å². The van der Waals surface area contributed by atoms with E-state index in [1.165, 1.54) is 6.26 Å². The molecule has 0 bridgehead atoms. The van der Waals surface area contributed by atoms with Gasteiger partial charge in [-0.25, -0.2) is 0 Å². The van der Waals surface area contributed by atoms with E-state index in [2.05, 4.69) is 5.32 Å². The van der Waals surface area contributed by atoms with Gasteiger partial charge in [-0.2, -0.15) is 0 Å². The number of nitrogens with one attached hydrogen (secondary N) is 1. The maximum absolute atomic E-state index is 11.7. The van der Waals surface area contributed by atoms with E-state index in [-0.39, 0.29) is 12.5 Å². The Hall–Kier alpha value is -1.55. The number of rotatable bonds is 5. The van der Waals surface area contributed by atoms with Gasteiger partial charge < -0.3 is 14.8 Å². The van der Waals surface area contributed by atoms with Crippen molar-refractivity contribution in [1.29, 1.82) is 0 Å². The molecule has 1 amide bonds. The Labute approximate surface area is 95.0 Å². The molecule has 0 aliphatic carbocycles. The minimum Gasteiger partial charge on any atom is -0.467 e. The van der Waals surface area contributed by atoms with Crippen LogP contribution in [0.15, 0.2) is 34.5 Å². The zero-order chi connectivity index (χ0) is 12.0. The summed E-state index contributed by atoms with van der Waals surface area (Å²) in [5, 5.41) is 11.9. The molecular formula is C12H17NO3. The number of aliphatic hydroxyl groups excluding tert-OH is 1. The van der Waals surface area contributed by atoms with Gasteiger partial charge in [0.25, 0.3) is 0 Å². The first-order valence-corrected chi connectivity index (χ1v) is 5.31. The van der Waals surface area contributed by atoms with Crippen LogP contribution in [0.5, 0.6) is 0 Å². The molecule has 0 saturated heterocycles. The third-order valence-corrected chi connectivity index (χ3v) is 2.24. The van der Waals surface area contributed by atoms with Crippen LogP contribution in [-0.4, -0.2) is 17.6 Å². The summed E-state index contributed by atoms with van der Waals surface area (Å²) < 4.78 is 5.13. The maximum atomic E-state index is 11.7. The average Bonchev–Trinajstić information content (AvgIpc) is 2.79. The molecule has 0 aromatic carbocycles. The van der Waals surface area contributed by atoms with Crippen LogP contribution < -0.4 is 5.32 Å². The molecule has 1 aromatic rings. The molecule has 1 heterocycles. The van der Waals surface area contributed by atoms with Gasteiger partial charge in [-0.3, -0.25) is 4.79 Å². The van der Waals surface area contributed by atoms with Crippen molar-refractivity contribution in [2.24, 2.45) is 0 Å². The highest BCUT2D eigenvalue weighted by molar-refractivity contribution is 5.92. The minimum absolute atomic E-state index is 0.182. The third kappa shape index (κ3) is 3.24. The fourth-order valence-electron chi connectivity index (χ4n) is 1.37. The lowest BCUT2D eigenvalue weighted by Gasteiger charge is -2.13. The number of aliphatic hydroxyl groups is 1.